The molecule has 0 aliphatic heterocycles. The zero-order valence-corrected chi connectivity index (χ0v) is 20.7. The monoisotopic (exact) mass is 496 g/mol. The smallest absolute Gasteiger partial charge is 0.261 e. The number of nitrogens with zero attached hydrogens (tertiary/aromatic N) is 1. The third-order valence-electron chi connectivity index (χ3n) is 5.73. The van der Waals surface area contributed by atoms with E-state index >= 15 is 0 Å². The van der Waals surface area contributed by atoms with E-state index in [9.17, 15) is 14.0 Å². The van der Waals surface area contributed by atoms with Crippen molar-refractivity contribution >= 4 is 23.4 Å². The molecule has 7 heteroatoms. The fraction of sp³-hybridized carbons (Fsp3) is 0.286. The van der Waals surface area contributed by atoms with Gasteiger partial charge in [0.15, 0.2) is 6.61 Å². The zero-order chi connectivity index (χ0) is 25.2. The minimum absolute atomic E-state index is 0.0529. The highest BCUT2D eigenvalue weighted by molar-refractivity contribution is 6.32. The molecule has 0 aromatic heterocycles. The third-order valence-corrected chi connectivity index (χ3v) is 6.04. The van der Waals surface area contributed by atoms with Gasteiger partial charge in [0.2, 0.25) is 5.91 Å². The fourth-order valence-electron chi connectivity index (χ4n) is 3.57. The van der Waals surface area contributed by atoms with Gasteiger partial charge in [0.1, 0.15) is 17.6 Å². The predicted octanol–water partition coefficient (Wildman–Crippen LogP) is 5.41. The lowest BCUT2D eigenvalue weighted by molar-refractivity contribution is -0.143. The van der Waals surface area contributed by atoms with Crippen LogP contribution in [0.1, 0.15) is 31.4 Å². The first-order chi connectivity index (χ1) is 16.9. The highest BCUT2D eigenvalue weighted by atomic mass is 35.5. The van der Waals surface area contributed by atoms with Crippen molar-refractivity contribution in [3.05, 3.63) is 101 Å². The van der Waals surface area contributed by atoms with Gasteiger partial charge in [0.05, 0.1) is 5.02 Å². The maximum Gasteiger partial charge on any atom is 0.261 e. The molecule has 0 fully saturated rings. The van der Waals surface area contributed by atoms with Gasteiger partial charge in [-0.15, -0.1) is 0 Å². The van der Waals surface area contributed by atoms with Gasteiger partial charge < -0.3 is 15.0 Å². The molecule has 0 saturated carbocycles. The maximum absolute atomic E-state index is 13.5. The molecule has 0 bridgehead atoms. The Kier molecular flexibility index (Phi) is 9.67. The van der Waals surface area contributed by atoms with Crippen molar-refractivity contribution in [3.63, 3.8) is 0 Å². The van der Waals surface area contributed by atoms with Crippen molar-refractivity contribution < 1.29 is 18.7 Å². The van der Waals surface area contributed by atoms with Crippen molar-refractivity contribution in [1.82, 2.24) is 10.2 Å². The van der Waals surface area contributed by atoms with Gasteiger partial charge in [0, 0.05) is 19.0 Å². The van der Waals surface area contributed by atoms with Crippen LogP contribution in [0, 0.1) is 5.82 Å². The van der Waals surface area contributed by atoms with Crippen LogP contribution in [-0.2, 0) is 22.6 Å². The number of para-hydroxylation sites is 1. The SMILES string of the molecule is CC[C@H](C)NC(=O)[C@@H](Cc1ccccc1)N(Cc1ccc(F)cc1)C(=O)COc1ccccc1Cl. The number of amides is 2. The minimum atomic E-state index is -0.793. The molecule has 3 rings (SSSR count). The molecular formula is C28H30ClFN2O3. The third kappa shape index (κ3) is 7.82. The summed E-state index contributed by atoms with van der Waals surface area (Å²) >= 11 is 6.18. The Morgan fingerprint density at radius 3 is 2.29 bits per heavy atom. The summed E-state index contributed by atoms with van der Waals surface area (Å²) in [6, 6.07) is 21.5. The number of benzene rings is 3. The number of ether oxygens (including phenoxy) is 1. The Hall–Kier alpha value is -3.38. The van der Waals surface area contributed by atoms with Crippen LogP contribution in [0.25, 0.3) is 0 Å². The number of nitrogens with one attached hydrogen (secondary N) is 1. The molecular weight excluding hydrogens is 467 g/mol. The molecule has 3 aromatic carbocycles. The van der Waals surface area contributed by atoms with E-state index in [1.165, 1.54) is 17.0 Å². The van der Waals surface area contributed by atoms with E-state index in [0.717, 1.165) is 12.0 Å². The minimum Gasteiger partial charge on any atom is -0.482 e. The predicted molar refractivity (Wildman–Crippen MR) is 136 cm³/mol. The molecule has 0 radical (unpaired) electrons. The lowest BCUT2D eigenvalue weighted by Gasteiger charge is -2.32. The number of hydrogen-bond acceptors (Lipinski definition) is 3. The second-order valence-corrected chi connectivity index (χ2v) is 8.80. The highest BCUT2D eigenvalue weighted by Gasteiger charge is 2.31. The Balaban J connectivity index is 1.91. The first-order valence-corrected chi connectivity index (χ1v) is 12.0. The van der Waals surface area contributed by atoms with E-state index < -0.39 is 6.04 Å². The number of hydrogen-bond donors (Lipinski definition) is 1. The van der Waals surface area contributed by atoms with Crippen LogP contribution in [0.4, 0.5) is 4.39 Å². The second kappa shape index (κ2) is 12.9. The van der Waals surface area contributed by atoms with E-state index in [-0.39, 0.29) is 36.8 Å². The van der Waals surface area contributed by atoms with Crippen molar-refractivity contribution in [2.24, 2.45) is 0 Å². The topological polar surface area (TPSA) is 58.6 Å². The lowest BCUT2D eigenvalue weighted by Crippen LogP contribution is -2.53. The lowest BCUT2D eigenvalue weighted by atomic mass is 10.0. The number of rotatable bonds is 11. The van der Waals surface area contributed by atoms with Crippen molar-refractivity contribution in [2.75, 3.05) is 6.61 Å². The van der Waals surface area contributed by atoms with E-state index in [0.29, 0.717) is 22.8 Å². The molecule has 3 aromatic rings. The zero-order valence-electron chi connectivity index (χ0n) is 19.9. The summed E-state index contributed by atoms with van der Waals surface area (Å²) in [6.45, 7) is 3.73. The van der Waals surface area contributed by atoms with Crippen LogP contribution in [0.3, 0.4) is 0 Å². The van der Waals surface area contributed by atoms with Crippen LogP contribution in [-0.4, -0.2) is 35.4 Å². The van der Waals surface area contributed by atoms with Crippen LogP contribution in [0.5, 0.6) is 5.75 Å². The summed E-state index contributed by atoms with van der Waals surface area (Å²) in [5, 5.41) is 3.40. The van der Waals surface area contributed by atoms with E-state index in [1.807, 2.05) is 44.2 Å². The fourth-order valence-corrected chi connectivity index (χ4v) is 3.76. The van der Waals surface area contributed by atoms with Crippen molar-refractivity contribution in [3.8, 4) is 5.75 Å². The normalized spacial score (nSPS) is 12.5. The van der Waals surface area contributed by atoms with Gasteiger partial charge >= 0.3 is 0 Å². The standard InChI is InChI=1S/C28H30ClFN2O3/c1-3-20(2)31-28(34)25(17-21-9-5-4-6-10-21)32(18-22-13-15-23(30)16-14-22)27(33)19-35-26-12-8-7-11-24(26)29/h4-16,20,25H,3,17-19H2,1-2H3,(H,31,34)/t20-,25+/m0/s1. The summed E-state index contributed by atoms with van der Waals surface area (Å²) < 4.78 is 19.2. The molecule has 5 nitrogen and oxygen atoms in total. The molecule has 0 heterocycles. The molecule has 184 valence electrons. The van der Waals surface area contributed by atoms with Gasteiger partial charge in [-0.3, -0.25) is 9.59 Å². The van der Waals surface area contributed by atoms with Gasteiger partial charge in [0.25, 0.3) is 5.91 Å². The Morgan fingerprint density at radius 1 is 0.971 bits per heavy atom. The largest absolute Gasteiger partial charge is 0.482 e. The number of halogens is 2. The molecule has 0 aliphatic carbocycles. The van der Waals surface area contributed by atoms with Crippen LogP contribution >= 0.6 is 11.6 Å². The molecule has 35 heavy (non-hydrogen) atoms. The summed E-state index contributed by atoms with van der Waals surface area (Å²) in [5.41, 5.74) is 1.62. The summed E-state index contributed by atoms with van der Waals surface area (Å²) in [7, 11) is 0. The quantitative estimate of drug-likeness (QED) is 0.386. The van der Waals surface area contributed by atoms with E-state index in [1.54, 1.807) is 36.4 Å². The average Bonchev–Trinajstić information content (AvgIpc) is 2.87. The van der Waals surface area contributed by atoms with Gasteiger partial charge in [-0.25, -0.2) is 4.39 Å². The van der Waals surface area contributed by atoms with Crippen molar-refractivity contribution in [1.29, 1.82) is 0 Å². The molecule has 0 spiro atoms. The number of carbonyl (C=O) groups is 2. The number of carbonyl (C=O) groups excluding carboxylic acids is 2. The highest BCUT2D eigenvalue weighted by Crippen LogP contribution is 2.23. The Bertz CT molecular complexity index is 1110. The van der Waals surface area contributed by atoms with Crippen molar-refractivity contribution in [2.45, 2.75) is 45.3 Å². The van der Waals surface area contributed by atoms with E-state index in [2.05, 4.69) is 5.32 Å². The molecule has 2 amide bonds. The molecule has 0 unspecified atom stereocenters. The summed E-state index contributed by atoms with van der Waals surface area (Å²) in [4.78, 5) is 28.4. The maximum atomic E-state index is 13.5. The first kappa shape index (κ1) is 26.2. The van der Waals surface area contributed by atoms with Crippen LogP contribution < -0.4 is 10.1 Å². The molecule has 2 atom stereocenters. The van der Waals surface area contributed by atoms with Gasteiger partial charge in [-0.1, -0.05) is 73.1 Å². The van der Waals surface area contributed by atoms with Crippen LogP contribution in [0.2, 0.25) is 5.02 Å². The molecule has 1 N–H and O–H groups in total. The van der Waals surface area contributed by atoms with Gasteiger partial charge in [-0.2, -0.15) is 0 Å². The summed E-state index contributed by atoms with van der Waals surface area (Å²) in [5.74, 6) is -0.622. The molecule has 0 aliphatic rings. The Labute approximate surface area is 210 Å². The van der Waals surface area contributed by atoms with E-state index in [4.69, 9.17) is 16.3 Å². The summed E-state index contributed by atoms with van der Waals surface area (Å²) in [6.07, 6.45) is 1.08. The Morgan fingerprint density at radius 2 is 1.63 bits per heavy atom. The van der Waals surface area contributed by atoms with Crippen LogP contribution in [0.15, 0.2) is 78.9 Å². The molecule has 0 saturated heterocycles. The first-order valence-electron chi connectivity index (χ1n) is 11.6. The second-order valence-electron chi connectivity index (χ2n) is 8.39. The average molecular weight is 497 g/mol. The van der Waals surface area contributed by atoms with Gasteiger partial charge in [-0.05, 0) is 48.7 Å².